The minimum Gasteiger partial charge on any atom is -0.383 e. The van der Waals surface area contributed by atoms with Gasteiger partial charge in [-0.15, -0.1) is 0 Å². The zero-order valence-corrected chi connectivity index (χ0v) is 11.9. The first-order valence-electron chi connectivity index (χ1n) is 5.89. The van der Waals surface area contributed by atoms with Crippen LogP contribution in [0, 0.1) is 21.4 Å². The van der Waals surface area contributed by atoms with E-state index in [9.17, 15) is 10.1 Å². The van der Waals surface area contributed by atoms with Crippen LogP contribution < -0.4 is 5.32 Å². The van der Waals surface area contributed by atoms with Gasteiger partial charge >= 0.3 is 0 Å². The molecule has 1 rings (SSSR count). The maximum atomic E-state index is 10.7. The Labute approximate surface area is 112 Å². The van der Waals surface area contributed by atoms with Crippen LogP contribution in [0.3, 0.4) is 0 Å². The summed E-state index contributed by atoms with van der Waals surface area (Å²) < 4.78 is 0. The molecule has 1 unspecified atom stereocenters. The molecule has 0 aliphatic carbocycles. The number of anilines is 1. The summed E-state index contributed by atoms with van der Waals surface area (Å²) in [6.45, 7) is 9.35. The molecule has 0 aliphatic heterocycles. The van der Waals surface area contributed by atoms with Crippen molar-refractivity contribution in [2.24, 2.45) is 11.3 Å². The van der Waals surface area contributed by atoms with Gasteiger partial charge in [-0.2, -0.15) is 0 Å². The number of nitro benzene ring substituents is 1. The van der Waals surface area contributed by atoms with Gasteiger partial charge in [0.15, 0.2) is 0 Å². The number of hydrogen-bond acceptors (Lipinski definition) is 3. The van der Waals surface area contributed by atoms with Gasteiger partial charge in [0.25, 0.3) is 5.69 Å². The number of rotatable bonds is 4. The lowest BCUT2D eigenvalue weighted by Gasteiger charge is -2.27. The molecule has 0 radical (unpaired) electrons. The highest BCUT2D eigenvalue weighted by molar-refractivity contribution is 6.33. The van der Waals surface area contributed by atoms with Gasteiger partial charge in [-0.1, -0.05) is 39.3 Å². The Balaban J connectivity index is 2.78. The molecule has 18 heavy (non-hydrogen) atoms. The highest BCUT2D eigenvalue weighted by Crippen LogP contribution is 2.29. The van der Waals surface area contributed by atoms with Crippen molar-refractivity contribution in [3.63, 3.8) is 0 Å². The quantitative estimate of drug-likeness (QED) is 0.654. The number of hydrogen-bond donors (Lipinski definition) is 1. The van der Waals surface area contributed by atoms with E-state index in [4.69, 9.17) is 11.6 Å². The summed E-state index contributed by atoms with van der Waals surface area (Å²) in [5.41, 5.74) is 0.840. The SMILES string of the molecule is CC(CNc1cc([N+](=O)[O-])ccc1Cl)C(C)(C)C. The fourth-order valence-corrected chi connectivity index (χ4v) is 1.52. The third kappa shape index (κ3) is 3.88. The van der Waals surface area contributed by atoms with Gasteiger partial charge in [-0.05, 0) is 17.4 Å². The van der Waals surface area contributed by atoms with Crippen molar-refractivity contribution in [2.75, 3.05) is 11.9 Å². The summed E-state index contributed by atoms with van der Waals surface area (Å²) in [4.78, 5) is 10.3. The topological polar surface area (TPSA) is 55.2 Å². The first-order chi connectivity index (χ1) is 8.21. The van der Waals surface area contributed by atoms with E-state index in [1.54, 1.807) is 6.07 Å². The van der Waals surface area contributed by atoms with Crippen molar-refractivity contribution in [1.29, 1.82) is 0 Å². The predicted molar refractivity (Wildman–Crippen MR) is 75.2 cm³/mol. The van der Waals surface area contributed by atoms with Crippen molar-refractivity contribution >= 4 is 23.0 Å². The molecule has 1 atom stereocenters. The van der Waals surface area contributed by atoms with Gasteiger partial charge in [0, 0.05) is 18.7 Å². The maximum Gasteiger partial charge on any atom is 0.271 e. The molecule has 0 heterocycles. The average molecular weight is 271 g/mol. The average Bonchev–Trinajstić information content (AvgIpc) is 2.25. The van der Waals surface area contributed by atoms with Gasteiger partial charge < -0.3 is 5.32 Å². The Kier molecular flexibility index (Phi) is 4.57. The fraction of sp³-hybridized carbons (Fsp3) is 0.538. The molecule has 0 aromatic heterocycles. The molecular weight excluding hydrogens is 252 g/mol. The molecule has 1 N–H and O–H groups in total. The summed E-state index contributed by atoms with van der Waals surface area (Å²) in [6.07, 6.45) is 0. The molecule has 0 aliphatic rings. The smallest absolute Gasteiger partial charge is 0.271 e. The third-order valence-corrected chi connectivity index (χ3v) is 3.57. The summed E-state index contributed by atoms with van der Waals surface area (Å²) in [5.74, 6) is 0.424. The van der Waals surface area contributed by atoms with Gasteiger partial charge in [-0.3, -0.25) is 10.1 Å². The summed E-state index contributed by atoms with van der Waals surface area (Å²) in [5, 5.41) is 14.4. The number of halogens is 1. The lowest BCUT2D eigenvalue weighted by molar-refractivity contribution is -0.384. The van der Waals surface area contributed by atoms with Gasteiger partial charge in [-0.25, -0.2) is 0 Å². The van der Waals surface area contributed by atoms with E-state index in [0.29, 0.717) is 16.6 Å². The van der Waals surface area contributed by atoms with E-state index in [0.717, 1.165) is 6.54 Å². The van der Waals surface area contributed by atoms with Crippen LogP contribution in [0.15, 0.2) is 18.2 Å². The second-order valence-corrected chi connectivity index (χ2v) is 5.98. The van der Waals surface area contributed by atoms with E-state index >= 15 is 0 Å². The van der Waals surface area contributed by atoms with Crippen LogP contribution in [0.2, 0.25) is 5.02 Å². The molecule has 0 amide bonds. The Hall–Kier alpha value is -1.29. The van der Waals surface area contributed by atoms with Gasteiger partial charge in [0.2, 0.25) is 0 Å². The molecule has 0 spiro atoms. The van der Waals surface area contributed by atoms with Crippen LogP contribution >= 0.6 is 11.6 Å². The monoisotopic (exact) mass is 270 g/mol. The Morgan fingerprint density at radius 3 is 2.56 bits per heavy atom. The molecule has 0 fully saturated rings. The first kappa shape index (κ1) is 14.8. The van der Waals surface area contributed by atoms with E-state index in [-0.39, 0.29) is 11.1 Å². The molecule has 0 saturated carbocycles. The standard InChI is InChI=1S/C13H19ClN2O2/c1-9(13(2,3)4)8-15-12-7-10(16(17)18)5-6-11(12)14/h5-7,9,15H,8H2,1-4H3. The highest BCUT2D eigenvalue weighted by Gasteiger charge is 2.20. The molecule has 0 saturated heterocycles. The Morgan fingerprint density at radius 1 is 1.44 bits per heavy atom. The number of benzene rings is 1. The van der Waals surface area contributed by atoms with E-state index in [2.05, 4.69) is 33.0 Å². The minimum atomic E-state index is -0.422. The van der Waals surface area contributed by atoms with Crippen molar-refractivity contribution in [1.82, 2.24) is 0 Å². The van der Waals surface area contributed by atoms with Gasteiger partial charge in [0.05, 0.1) is 15.6 Å². The number of nitrogens with one attached hydrogen (secondary N) is 1. The van der Waals surface area contributed by atoms with Crippen LogP contribution in [0.25, 0.3) is 0 Å². The normalized spacial score (nSPS) is 13.2. The second kappa shape index (κ2) is 5.57. The van der Waals surface area contributed by atoms with E-state index < -0.39 is 4.92 Å². The Bertz CT molecular complexity index is 441. The Morgan fingerprint density at radius 2 is 2.06 bits per heavy atom. The largest absolute Gasteiger partial charge is 0.383 e. The van der Waals surface area contributed by atoms with Gasteiger partial charge in [0.1, 0.15) is 0 Å². The summed E-state index contributed by atoms with van der Waals surface area (Å²) >= 11 is 6.01. The third-order valence-electron chi connectivity index (χ3n) is 3.24. The van der Waals surface area contributed by atoms with Crippen LogP contribution in [0.4, 0.5) is 11.4 Å². The zero-order valence-electron chi connectivity index (χ0n) is 11.2. The van der Waals surface area contributed by atoms with Crippen LogP contribution in [-0.2, 0) is 0 Å². The van der Waals surface area contributed by atoms with Crippen LogP contribution in [0.5, 0.6) is 0 Å². The van der Waals surface area contributed by atoms with Crippen LogP contribution in [-0.4, -0.2) is 11.5 Å². The summed E-state index contributed by atoms with van der Waals surface area (Å²) in [7, 11) is 0. The lowest BCUT2D eigenvalue weighted by atomic mass is 9.82. The first-order valence-corrected chi connectivity index (χ1v) is 6.27. The number of nitro groups is 1. The maximum absolute atomic E-state index is 10.7. The lowest BCUT2D eigenvalue weighted by Crippen LogP contribution is -2.24. The molecule has 5 heteroatoms. The predicted octanol–water partition coefficient (Wildman–Crippen LogP) is 4.34. The molecule has 0 bridgehead atoms. The number of non-ortho nitro benzene ring substituents is 1. The van der Waals surface area contributed by atoms with Crippen molar-refractivity contribution in [3.05, 3.63) is 33.3 Å². The molecule has 100 valence electrons. The van der Waals surface area contributed by atoms with Crippen molar-refractivity contribution < 1.29 is 4.92 Å². The minimum absolute atomic E-state index is 0.0466. The van der Waals surface area contributed by atoms with E-state index in [1.165, 1.54) is 12.1 Å². The summed E-state index contributed by atoms with van der Waals surface area (Å²) in [6, 6.07) is 4.42. The molecule has 4 nitrogen and oxygen atoms in total. The highest BCUT2D eigenvalue weighted by atomic mass is 35.5. The molecule has 1 aromatic rings. The van der Waals surface area contributed by atoms with E-state index in [1.807, 2.05) is 0 Å². The van der Waals surface area contributed by atoms with Crippen LogP contribution in [0.1, 0.15) is 27.7 Å². The molecular formula is C13H19ClN2O2. The fourth-order valence-electron chi connectivity index (χ4n) is 1.33. The van der Waals surface area contributed by atoms with Crippen molar-refractivity contribution in [3.8, 4) is 0 Å². The molecule has 1 aromatic carbocycles. The second-order valence-electron chi connectivity index (χ2n) is 5.57. The zero-order chi connectivity index (χ0) is 13.9. The number of nitrogens with zero attached hydrogens (tertiary/aromatic N) is 1. The van der Waals surface area contributed by atoms with Crippen molar-refractivity contribution in [2.45, 2.75) is 27.7 Å².